The lowest BCUT2D eigenvalue weighted by molar-refractivity contribution is -0.384. The molecular formula is C16H17N3O2S. The van der Waals surface area contributed by atoms with Crippen LogP contribution in [0.5, 0.6) is 0 Å². The summed E-state index contributed by atoms with van der Waals surface area (Å²) in [5, 5.41) is 17.3. The van der Waals surface area contributed by atoms with Gasteiger partial charge in [-0.15, -0.1) is 0 Å². The zero-order valence-corrected chi connectivity index (χ0v) is 13.2. The van der Waals surface area contributed by atoms with E-state index in [1.165, 1.54) is 17.7 Å². The Bertz CT molecular complexity index is 699. The van der Waals surface area contributed by atoms with Gasteiger partial charge in [0, 0.05) is 23.5 Å². The van der Waals surface area contributed by atoms with Crippen molar-refractivity contribution in [3.8, 4) is 0 Å². The van der Waals surface area contributed by atoms with Crippen molar-refractivity contribution in [2.24, 2.45) is 0 Å². The maximum atomic E-state index is 10.8. The van der Waals surface area contributed by atoms with Crippen LogP contribution in [0.15, 0.2) is 42.5 Å². The summed E-state index contributed by atoms with van der Waals surface area (Å²) >= 11 is 5.26. The summed E-state index contributed by atoms with van der Waals surface area (Å²) < 4.78 is 0. The van der Waals surface area contributed by atoms with Gasteiger partial charge in [-0.1, -0.05) is 25.1 Å². The standard InChI is InChI=1S/C16H17N3O2S/c1-3-12-5-7-13(8-6-12)17-16(22)18-15-10-14(19(20)21)9-4-11(15)2/h4-10H,3H2,1-2H3,(H2,17,18,22). The average Bonchev–Trinajstić information content (AvgIpc) is 2.50. The number of benzene rings is 2. The zero-order chi connectivity index (χ0) is 16.1. The van der Waals surface area contributed by atoms with Crippen LogP contribution in [-0.2, 0) is 6.42 Å². The SMILES string of the molecule is CCc1ccc(NC(=S)Nc2cc([N+](=O)[O-])ccc2C)cc1. The van der Waals surface area contributed by atoms with Gasteiger partial charge in [0.25, 0.3) is 5.69 Å². The molecule has 0 fully saturated rings. The smallest absolute Gasteiger partial charge is 0.271 e. The van der Waals surface area contributed by atoms with Crippen molar-refractivity contribution < 1.29 is 4.92 Å². The number of anilines is 2. The Morgan fingerprint density at radius 1 is 1.18 bits per heavy atom. The fraction of sp³-hybridized carbons (Fsp3) is 0.188. The second kappa shape index (κ2) is 7.00. The van der Waals surface area contributed by atoms with Gasteiger partial charge >= 0.3 is 0 Å². The summed E-state index contributed by atoms with van der Waals surface area (Å²) in [4.78, 5) is 10.4. The molecule has 6 heteroatoms. The van der Waals surface area contributed by atoms with Gasteiger partial charge in [0.2, 0.25) is 0 Å². The molecule has 0 aliphatic heterocycles. The first-order chi connectivity index (χ1) is 10.5. The molecule has 5 nitrogen and oxygen atoms in total. The van der Waals surface area contributed by atoms with E-state index in [1.807, 2.05) is 31.2 Å². The Morgan fingerprint density at radius 3 is 2.45 bits per heavy atom. The summed E-state index contributed by atoms with van der Waals surface area (Å²) in [6.45, 7) is 3.96. The van der Waals surface area contributed by atoms with Crippen molar-refractivity contribution in [2.75, 3.05) is 10.6 Å². The topological polar surface area (TPSA) is 67.2 Å². The maximum Gasteiger partial charge on any atom is 0.271 e. The quantitative estimate of drug-likeness (QED) is 0.501. The fourth-order valence-corrected chi connectivity index (χ4v) is 2.19. The number of nitrogens with zero attached hydrogens (tertiary/aromatic N) is 1. The monoisotopic (exact) mass is 315 g/mol. The van der Waals surface area contributed by atoms with Crippen LogP contribution in [0.1, 0.15) is 18.1 Å². The Kier molecular flexibility index (Phi) is 5.06. The second-order valence-corrected chi connectivity index (χ2v) is 5.29. The van der Waals surface area contributed by atoms with E-state index in [1.54, 1.807) is 6.07 Å². The molecule has 0 unspecified atom stereocenters. The van der Waals surface area contributed by atoms with Crippen LogP contribution >= 0.6 is 12.2 Å². The minimum absolute atomic E-state index is 0.0307. The fourth-order valence-electron chi connectivity index (χ4n) is 1.97. The Balaban J connectivity index is 2.08. The highest BCUT2D eigenvalue weighted by molar-refractivity contribution is 7.80. The van der Waals surface area contributed by atoms with Gasteiger partial charge in [-0.3, -0.25) is 10.1 Å². The van der Waals surface area contributed by atoms with Gasteiger partial charge < -0.3 is 10.6 Å². The molecule has 2 aromatic rings. The molecule has 0 aliphatic carbocycles. The highest BCUT2D eigenvalue weighted by Gasteiger charge is 2.09. The Hall–Kier alpha value is -2.47. The third-order valence-corrected chi connectivity index (χ3v) is 3.50. The largest absolute Gasteiger partial charge is 0.332 e. The molecule has 0 radical (unpaired) electrons. The number of rotatable bonds is 4. The predicted molar refractivity (Wildman–Crippen MR) is 93.5 cm³/mol. The van der Waals surface area contributed by atoms with E-state index < -0.39 is 4.92 Å². The molecule has 0 bridgehead atoms. The second-order valence-electron chi connectivity index (χ2n) is 4.89. The van der Waals surface area contributed by atoms with Gasteiger partial charge in [0.15, 0.2) is 5.11 Å². The summed E-state index contributed by atoms with van der Waals surface area (Å²) in [7, 11) is 0. The van der Waals surface area contributed by atoms with E-state index in [0.717, 1.165) is 17.7 Å². The third kappa shape index (κ3) is 4.02. The van der Waals surface area contributed by atoms with Gasteiger partial charge in [-0.2, -0.15) is 0 Å². The minimum atomic E-state index is -0.426. The van der Waals surface area contributed by atoms with Crippen LogP contribution in [0, 0.1) is 17.0 Å². The number of non-ortho nitro benzene ring substituents is 1. The van der Waals surface area contributed by atoms with Gasteiger partial charge in [-0.25, -0.2) is 0 Å². The molecule has 0 aliphatic rings. The van der Waals surface area contributed by atoms with Crippen LogP contribution in [0.4, 0.5) is 17.1 Å². The van der Waals surface area contributed by atoms with Gasteiger partial charge in [0.1, 0.15) is 0 Å². The first kappa shape index (κ1) is 15.9. The minimum Gasteiger partial charge on any atom is -0.332 e. The van der Waals surface area contributed by atoms with Crippen molar-refractivity contribution in [2.45, 2.75) is 20.3 Å². The van der Waals surface area contributed by atoms with E-state index in [4.69, 9.17) is 12.2 Å². The van der Waals surface area contributed by atoms with Crippen LogP contribution in [-0.4, -0.2) is 10.0 Å². The molecule has 0 amide bonds. The van der Waals surface area contributed by atoms with Crippen LogP contribution in [0.25, 0.3) is 0 Å². The van der Waals surface area contributed by atoms with Crippen LogP contribution < -0.4 is 10.6 Å². The van der Waals surface area contributed by atoms with Crippen molar-refractivity contribution in [1.29, 1.82) is 0 Å². The van der Waals surface area contributed by atoms with Crippen LogP contribution in [0.2, 0.25) is 0 Å². The lowest BCUT2D eigenvalue weighted by Crippen LogP contribution is -2.19. The Labute approximate surface area is 134 Å². The molecule has 2 rings (SSSR count). The van der Waals surface area contributed by atoms with Gasteiger partial charge in [-0.05, 0) is 48.8 Å². The number of thiocarbonyl (C=S) groups is 1. The highest BCUT2D eigenvalue weighted by atomic mass is 32.1. The molecule has 0 atom stereocenters. The average molecular weight is 315 g/mol. The molecule has 2 N–H and O–H groups in total. The number of nitro groups is 1. The lowest BCUT2D eigenvalue weighted by atomic mass is 10.1. The van der Waals surface area contributed by atoms with E-state index in [9.17, 15) is 10.1 Å². The highest BCUT2D eigenvalue weighted by Crippen LogP contribution is 2.22. The zero-order valence-electron chi connectivity index (χ0n) is 12.4. The van der Waals surface area contributed by atoms with Crippen molar-refractivity contribution in [3.05, 3.63) is 63.7 Å². The molecule has 0 spiro atoms. The normalized spacial score (nSPS) is 10.1. The number of aryl methyl sites for hydroxylation is 2. The molecule has 0 saturated carbocycles. The first-order valence-corrected chi connectivity index (χ1v) is 7.32. The number of hydrogen-bond donors (Lipinski definition) is 2. The van der Waals surface area contributed by atoms with E-state index >= 15 is 0 Å². The van der Waals surface area contributed by atoms with Crippen molar-refractivity contribution >= 4 is 34.4 Å². The molecular weight excluding hydrogens is 298 g/mol. The molecule has 0 heterocycles. The van der Waals surface area contributed by atoms with E-state index in [0.29, 0.717) is 10.8 Å². The summed E-state index contributed by atoms with van der Waals surface area (Å²) in [5.74, 6) is 0. The van der Waals surface area contributed by atoms with Crippen molar-refractivity contribution in [3.63, 3.8) is 0 Å². The number of nitrogens with one attached hydrogen (secondary N) is 2. The number of hydrogen-bond acceptors (Lipinski definition) is 3. The predicted octanol–water partition coefficient (Wildman–Crippen LogP) is 4.27. The van der Waals surface area contributed by atoms with Gasteiger partial charge in [0.05, 0.1) is 4.92 Å². The third-order valence-electron chi connectivity index (χ3n) is 3.30. The first-order valence-electron chi connectivity index (χ1n) is 6.91. The molecule has 2 aromatic carbocycles. The molecule has 0 aromatic heterocycles. The molecule has 22 heavy (non-hydrogen) atoms. The van der Waals surface area contributed by atoms with E-state index in [-0.39, 0.29) is 5.69 Å². The molecule has 0 saturated heterocycles. The molecule has 114 valence electrons. The lowest BCUT2D eigenvalue weighted by Gasteiger charge is -2.12. The van der Waals surface area contributed by atoms with Crippen molar-refractivity contribution in [1.82, 2.24) is 0 Å². The summed E-state index contributed by atoms with van der Waals surface area (Å²) in [6, 6.07) is 12.6. The summed E-state index contributed by atoms with van der Waals surface area (Å²) in [5.41, 5.74) is 3.66. The van der Waals surface area contributed by atoms with Crippen LogP contribution in [0.3, 0.4) is 0 Å². The number of nitro benzene ring substituents is 1. The summed E-state index contributed by atoms with van der Waals surface area (Å²) in [6.07, 6.45) is 0.982. The Morgan fingerprint density at radius 2 is 1.86 bits per heavy atom. The van der Waals surface area contributed by atoms with E-state index in [2.05, 4.69) is 17.6 Å². The maximum absolute atomic E-state index is 10.8.